The number of halogens is 1. The first-order valence-electron chi connectivity index (χ1n) is 12.8. The van der Waals surface area contributed by atoms with Crippen LogP contribution in [-0.2, 0) is 4.79 Å². The SMILES string of the molecule is Cc1cc(C(O)c2ccc(C(=O)NCC(=O)N3[C@H](c4cccc(F)c4)CC[C@@H]3C(C)(C)O)cc2C)c(=O)[nH]n1. The number of aromatic nitrogens is 2. The molecule has 2 aromatic carbocycles. The van der Waals surface area contributed by atoms with Crippen LogP contribution in [0.25, 0.3) is 0 Å². The number of likely N-dealkylation sites (tertiary alicyclic amines) is 1. The summed E-state index contributed by atoms with van der Waals surface area (Å²) in [6.45, 7) is 6.35. The van der Waals surface area contributed by atoms with Crippen molar-refractivity contribution in [2.45, 2.75) is 64.3 Å². The van der Waals surface area contributed by atoms with Crippen LogP contribution in [0.15, 0.2) is 53.3 Å². The lowest BCUT2D eigenvalue weighted by Crippen LogP contribution is -2.51. The van der Waals surface area contributed by atoms with Gasteiger partial charge >= 0.3 is 0 Å². The average molecular weight is 537 g/mol. The Morgan fingerprint density at radius 2 is 1.90 bits per heavy atom. The maximum absolute atomic E-state index is 13.9. The maximum Gasteiger partial charge on any atom is 0.270 e. The normalized spacial score (nSPS) is 18.2. The number of amides is 2. The van der Waals surface area contributed by atoms with E-state index in [1.54, 1.807) is 56.9 Å². The van der Waals surface area contributed by atoms with E-state index >= 15 is 0 Å². The first kappa shape index (κ1) is 28.1. The van der Waals surface area contributed by atoms with Gasteiger partial charge in [-0.05, 0) is 87.6 Å². The summed E-state index contributed by atoms with van der Waals surface area (Å²) < 4.78 is 13.9. The Hall–Kier alpha value is -3.89. The number of hydrogen-bond acceptors (Lipinski definition) is 6. The zero-order valence-electron chi connectivity index (χ0n) is 22.4. The Morgan fingerprint density at radius 1 is 1.15 bits per heavy atom. The van der Waals surface area contributed by atoms with Crippen molar-refractivity contribution in [2.75, 3.05) is 6.54 Å². The number of benzene rings is 2. The van der Waals surface area contributed by atoms with Gasteiger partial charge in [0.15, 0.2) is 0 Å². The van der Waals surface area contributed by atoms with Crippen LogP contribution < -0.4 is 10.9 Å². The van der Waals surface area contributed by atoms with Gasteiger partial charge in [0.1, 0.15) is 11.9 Å². The van der Waals surface area contributed by atoms with Crippen molar-refractivity contribution in [1.29, 1.82) is 0 Å². The van der Waals surface area contributed by atoms with E-state index in [-0.39, 0.29) is 17.7 Å². The molecule has 0 spiro atoms. The van der Waals surface area contributed by atoms with E-state index in [1.165, 1.54) is 24.3 Å². The van der Waals surface area contributed by atoms with Crippen molar-refractivity contribution < 1.29 is 24.2 Å². The van der Waals surface area contributed by atoms with Gasteiger partial charge in [0.2, 0.25) is 5.91 Å². The summed E-state index contributed by atoms with van der Waals surface area (Å²) in [5.74, 6) is -1.29. The highest BCUT2D eigenvalue weighted by Gasteiger charge is 2.44. The van der Waals surface area contributed by atoms with E-state index in [4.69, 9.17) is 0 Å². The second kappa shape index (κ2) is 11.1. The van der Waals surface area contributed by atoms with Gasteiger partial charge in [-0.1, -0.05) is 18.2 Å². The number of nitrogens with one attached hydrogen (secondary N) is 2. The predicted octanol–water partition coefficient (Wildman–Crippen LogP) is 2.84. The summed E-state index contributed by atoms with van der Waals surface area (Å²) in [4.78, 5) is 40.0. The van der Waals surface area contributed by atoms with Crippen LogP contribution in [0.1, 0.15) is 77.1 Å². The van der Waals surface area contributed by atoms with Crippen molar-refractivity contribution in [2.24, 2.45) is 0 Å². The number of aliphatic hydroxyl groups excluding tert-OH is 1. The van der Waals surface area contributed by atoms with E-state index in [0.29, 0.717) is 35.2 Å². The van der Waals surface area contributed by atoms with Crippen molar-refractivity contribution in [3.05, 3.63) is 98.2 Å². The van der Waals surface area contributed by atoms with Crippen LogP contribution in [0.3, 0.4) is 0 Å². The van der Waals surface area contributed by atoms with E-state index in [9.17, 15) is 29.0 Å². The molecule has 9 nitrogen and oxygen atoms in total. The molecule has 1 aromatic heterocycles. The second-order valence-electron chi connectivity index (χ2n) is 10.6. The minimum Gasteiger partial charge on any atom is -0.388 e. The fourth-order valence-electron chi connectivity index (χ4n) is 5.26. The van der Waals surface area contributed by atoms with Crippen LogP contribution in [-0.4, -0.2) is 55.3 Å². The van der Waals surface area contributed by atoms with Crippen LogP contribution in [0.2, 0.25) is 0 Å². The van der Waals surface area contributed by atoms with E-state index in [2.05, 4.69) is 15.5 Å². The highest BCUT2D eigenvalue weighted by Crippen LogP contribution is 2.40. The lowest BCUT2D eigenvalue weighted by Gasteiger charge is -2.37. The highest BCUT2D eigenvalue weighted by molar-refractivity contribution is 5.96. The molecule has 3 aromatic rings. The summed E-state index contributed by atoms with van der Waals surface area (Å²) >= 11 is 0. The quantitative estimate of drug-likeness (QED) is 0.367. The molecular weight excluding hydrogens is 503 g/mol. The third kappa shape index (κ3) is 6.07. The number of hydrogen-bond donors (Lipinski definition) is 4. The first-order chi connectivity index (χ1) is 18.4. The third-order valence-electron chi connectivity index (χ3n) is 7.20. The topological polar surface area (TPSA) is 136 Å². The van der Waals surface area contributed by atoms with Gasteiger partial charge in [-0.15, -0.1) is 0 Å². The summed E-state index contributed by atoms with van der Waals surface area (Å²) in [7, 11) is 0. The molecule has 10 heteroatoms. The molecule has 0 radical (unpaired) electrons. The monoisotopic (exact) mass is 536 g/mol. The number of carbonyl (C=O) groups excluding carboxylic acids is 2. The molecule has 206 valence electrons. The molecule has 2 amide bonds. The molecule has 1 unspecified atom stereocenters. The predicted molar refractivity (Wildman–Crippen MR) is 142 cm³/mol. The Bertz CT molecular complexity index is 1450. The standard InChI is InChI=1S/C29H33FN4O5/c1-16-12-19(8-9-21(16)26(36)22-13-17(2)32-33-28(22)38)27(37)31-15-25(35)34-23(10-11-24(34)29(3,4)39)18-6-5-7-20(30)14-18/h5-9,12-14,23-24,26,36,39H,10-11,15H2,1-4H3,(H,31,37)(H,33,38)/t23-,24+,26?/m0/s1. The van der Waals surface area contributed by atoms with Gasteiger partial charge in [-0.25, -0.2) is 9.49 Å². The fourth-order valence-corrected chi connectivity index (χ4v) is 5.26. The summed E-state index contributed by atoms with van der Waals surface area (Å²) in [5.41, 5.74) is 0.956. The first-order valence-corrected chi connectivity index (χ1v) is 12.8. The summed E-state index contributed by atoms with van der Waals surface area (Å²) in [6, 6.07) is 11.3. The molecule has 4 N–H and O–H groups in total. The average Bonchev–Trinajstić information content (AvgIpc) is 3.34. The molecule has 0 bridgehead atoms. The number of nitrogens with zero attached hydrogens (tertiary/aromatic N) is 2. The highest BCUT2D eigenvalue weighted by atomic mass is 19.1. The zero-order valence-corrected chi connectivity index (χ0v) is 22.4. The second-order valence-corrected chi connectivity index (χ2v) is 10.6. The van der Waals surface area contributed by atoms with Crippen molar-refractivity contribution in [3.8, 4) is 0 Å². The Kier molecular flexibility index (Phi) is 7.99. The van der Waals surface area contributed by atoms with Gasteiger partial charge in [0.25, 0.3) is 11.5 Å². The maximum atomic E-state index is 13.9. The molecule has 1 aliphatic rings. The van der Waals surface area contributed by atoms with E-state index in [0.717, 1.165) is 0 Å². The molecule has 1 aliphatic heterocycles. The number of rotatable bonds is 7. The molecular formula is C29H33FN4O5. The summed E-state index contributed by atoms with van der Waals surface area (Å²) in [5, 5.41) is 30.3. The van der Waals surface area contributed by atoms with Gasteiger partial charge in [0, 0.05) is 5.56 Å². The number of aryl methyl sites for hydroxylation is 2. The van der Waals surface area contributed by atoms with Crippen molar-refractivity contribution >= 4 is 11.8 Å². The Balaban J connectivity index is 1.49. The Labute approximate surface area is 225 Å². The fraction of sp³-hybridized carbons (Fsp3) is 0.379. The smallest absolute Gasteiger partial charge is 0.270 e. The van der Waals surface area contributed by atoms with Gasteiger partial charge in [0.05, 0.1) is 35.5 Å². The van der Waals surface area contributed by atoms with Crippen LogP contribution in [0, 0.1) is 19.7 Å². The number of H-pyrrole nitrogens is 1. The molecule has 2 heterocycles. The van der Waals surface area contributed by atoms with Crippen LogP contribution in [0.5, 0.6) is 0 Å². The molecule has 0 aliphatic carbocycles. The van der Waals surface area contributed by atoms with Gasteiger partial charge in [-0.2, -0.15) is 5.10 Å². The van der Waals surface area contributed by atoms with Crippen molar-refractivity contribution in [3.63, 3.8) is 0 Å². The molecule has 1 fully saturated rings. The van der Waals surface area contributed by atoms with Crippen LogP contribution in [0.4, 0.5) is 4.39 Å². The molecule has 1 saturated heterocycles. The molecule has 0 saturated carbocycles. The molecule has 39 heavy (non-hydrogen) atoms. The largest absolute Gasteiger partial charge is 0.388 e. The number of carbonyl (C=O) groups is 2. The minimum absolute atomic E-state index is 0.147. The zero-order chi connectivity index (χ0) is 28.5. The minimum atomic E-state index is -1.21. The van der Waals surface area contributed by atoms with Gasteiger partial charge < -0.3 is 20.4 Å². The third-order valence-corrected chi connectivity index (χ3v) is 7.20. The Morgan fingerprint density at radius 3 is 2.56 bits per heavy atom. The van der Waals surface area contributed by atoms with Crippen molar-refractivity contribution in [1.82, 2.24) is 20.4 Å². The molecule has 4 rings (SSSR count). The van der Waals surface area contributed by atoms with Crippen LogP contribution >= 0.6 is 0 Å². The lowest BCUT2D eigenvalue weighted by molar-refractivity contribution is -0.138. The number of aliphatic hydroxyl groups is 2. The number of aromatic amines is 1. The lowest BCUT2D eigenvalue weighted by atomic mass is 9.96. The van der Waals surface area contributed by atoms with Gasteiger partial charge in [-0.3, -0.25) is 14.4 Å². The molecule has 3 atom stereocenters. The van der Waals surface area contributed by atoms with E-state index in [1.807, 2.05) is 0 Å². The van der Waals surface area contributed by atoms with E-state index < -0.39 is 47.0 Å². The summed E-state index contributed by atoms with van der Waals surface area (Å²) in [6.07, 6.45) is -0.115.